The van der Waals surface area contributed by atoms with Gasteiger partial charge in [-0.05, 0) is 43.8 Å². The SMILES string of the molecule is CN=C(NCCNc1ncnc2c1cnn2C)NCC1CCCN(C)C1c1cccs1. The lowest BCUT2D eigenvalue weighted by Crippen LogP contribution is -2.45. The standard InChI is InChI=1S/C21H31N9S/c1-22-21(24-9-8-23-19-16-13-28-30(3)20(16)27-14-26-19)25-12-15-6-4-10-29(2)18(15)17-7-5-11-31-17/h5,7,11,13-15,18H,4,6,8-10,12H2,1-3H3,(H2,22,24,25)(H,23,26,27). The predicted octanol–water partition coefficient (Wildman–Crippen LogP) is 2.08. The molecule has 3 aromatic heterocycles. The van der Waals surface area contributed by atoms with Gasteiger partial charge in [0.2, 0.25) is 0 Å². The van der Waals surface area contributed by atoms with Crippen LogP contribution in [0.25, 0.3) is 11.0 Å². The van der Waals surface area contributed by atoms with E-state index in [0.29, 0.717) is 18.5 Å². The van der Waals surface area contributed by atoms with Gasteiger partial charge in [0.1, 0.15) is 12.1 Å². The molecule has 0 aromatic carbocycles. The van der Waals surface area contributed by atoms with Crippen LogP contribution >= 0.6 is 11.3 Å². The first-order valence-electron chi connectivity index (χ1n) is 10.7. The largest absolute Gasteiger partial charge is 0.368 e. The van der Waals surface area contributed by atoms with Gasteiger partial charge in [0.05, 0.1) is 11.6 Å². The number of hydrogen-bond acceptors (Lipinski definition) is 7. The highest BCUT2D eigenvalue weighted by Crippen LogP contribution is 2.36. The van der Waals surface area contributed by atoms with Gasteiger partial charge in [-0.15, -0.1) is 11.3 Å². The zero-order chi connectivity index (χ0) is 21.6. The average Bonchev–Trinajstić information content (AvgIpc) is 3.44. The van der Waals surface area contributed by atoms with Crippen molar-refractivity contribution in [1.29, 1.82) is 0 Å². The Labute approximate surface area is 187 Å². The zero-order valence-corrected chi connectivity index (χ0v) is 19.2. The number of aryl methyl sites for hydroxylation is 1. The van der Waals surface area contributed by atoms with Gasteiger partial charge < -0.3 is 16.0 Å². The van der Waals surface area contributed by atoms with Gasteiger partial charge in [0.25, 0.3) is 0 Å². The summed E-state index contributed by atoms with van der Waals surface area (Å²) in [7, 11) is 5.93. The number of guanidine groups is 1. The number of hydrogen-bond donors (Lipinski definition) is 3. The number of aliphatic imine (C=N–C) groups is 1. The number of rotatable bonds is 7. The number of aromatic nitrogens is 4. The molecule has 0 saturated carbocycles. The monoisotopic (exact) mass is 441 g/mol. The van der Waals surface area contributed by atoms with E-state index in [1.807, 2.05) is 25.4 Å². The van der Waals surface area contributed by atoms with Crippen molar-refractivity contribution in [1.82, 2.24) is 35.3 Å². The van der Waals surface area contributed by atoms with Crippen molar-refractivity contribution >= 4 is 34.1 Å². The maximum atomic E-state index is 4.39. The van der Waals surface area contributed by atoms with Crippen LogP contribution in [-0.2, 0) is 7.05 Å². The summed E-state index contributed by atoms with van der Waals surface area (Å²) in [5.74, 6) is 2.19. The molecule has 1 fully saturated rings. The summed E-state index contributed by atoms with van der Waals surface area (Å²) < 4.78 is 1.75. The van der Waals surface area contributed by atoms with Crippen LogP contribution in [0.15, 0.2) is 35.0 Å². The third-order valence-electron chi connectivity index (χ3n) is 5.84. The Morgan fingerprint density at radius 1 is 1.26 bits per heavy atom. The predicted molar refractivity (Wildman–Crippen MR) is 127 cm³/mol. The van der Waals surface area contributed by atoms with Crippen LogP contribution in [0.3, 0.4) is 0 Å². The molecule has 0 spiro atoms. The van der Waals surface area contributed by atoms with Crippen molar-refractivity contribution in [2.24, 2.45) is 18.0 Å². The van der Waals surface area contributed by atoms with Crippen LogP contribution in [0.5, 0.6) is 0 Å². The van der Waals surface area contributed by atoms with Crippen molar-refractivity contribution in [3.8, 4) is 0 Å². The highest BCUT2D eigenvalue weighted by atomic mass is 32.1. The van der Waals surface area contributed by atoms with Crippen molar-refractivity contribution in [3.63, 3.8) is 0 Å². The number of piperidine rings is 1. The molecule has 4 heterocycles. The summed E-state index contributed by atoms with van der Waals surface area (Å²) in [5.41, 5.74) is 0.820. The molecule has 0 radical (unpaired) electrons. The first-order valence-corrected chi connectivity index (χ1v) is 11.6. The van der Waals surface area contributed by atoms with E-state index in [-0.39, 0.29) is 0 Å². The molecule has 1 saturated heterocycles. The maximum absolute atomic E-state index is 4.39. The molecule has 0 bridgehead atoms. The number of anilines is 1. The summed E-state index contributed by atoms with van der Waals surface area (Å²) in [6.07, 6.45) is 5.82. The minimum Gasteiger partial charge on any atom is -0.368 e. The van der Waals surface area contributed by atoms with Gasteiger partial charge in [0, 0.05) is 44.6 Å². The van der Waals surface area contributed by atoms with Gasteiger partial charge in [-0.2, -0.15) is 5.10 Å². The Balaban J connectivity index is 1.27. The molecular formula is C21H31N9S. The topological polar surface area (TPSA) is 95.3 Å². The van der Waals surface area contributed by atoms with E-state index >= 15 is 0 Å². The molecule has 1 aliphatic rings. The van der Waals surface area contributed by atoms with Crippen molar-refractivity contribution in [2.45, 2.75) is 18.9 Å². The first-order chi connectivity index (χ1) is 15.2. The fourth-order valence-corrected chi connectivity index (χ4v) is 5.28. The van der Waals surface area contributed by atoms with Crippen LogP contribution in [0.2, 0.25) is 0 Å². The van der Waals surface area contributed by atoms with E-state index in [2.05, 4.69) is 65.5 Å². The molecule has 10 heteroatoms. The number of thiophene rings is 1. The molecule has 2 atom stereocenters. The summed E-state index contributed by atoms with van der Waals surface area (Å²) in [5, 5.41) is 17.6. The molecule has 3 N–H and O–H groups in total. The van der Waals surface area contributed by atoms with Crippen LogP contribution in [0.1, 0.15) is 23.8 Å². The minimum atomic E-state index is 0.473. The van der Waals surface area contributed by atoms with Crippen molar-refractivity contribution in [3.05, 3.63) is 34.9 Å². The van der Waals surface area contributed by atoms with Gasteiger partial charge in [-0.1, -0.05) is 6.07 Å². The molecule has 9 nitrogen and oxygen atoms in total. The van der Waals surface area contributed by atoms with Crippen molar-refractivity contribution in [2.75, 3.05) is 45.6 Å². The average molecular weight is 442 g/mol. The lowest BCUT2D eigenvalue weighted by molar-refractivity contribution is 0.125. The molecule has 31 heavy (non-hydrogen) atoms. The quantitative estimate of drug-likeness (QED) is 0.294. The Morgan fingerprint density at radius 2 is 2.16 bits per heavy atom. The van der Waals surface area contributed by atoms with E-state index in [0.717, 1.165) is 42.4 Å². The first kappa shape index (κ1) is 21.5. The maximum Gasteiger partial charge on any atom is 0.191 e. The highest BCUT2D eigenvalue weighted by Gasteiger charge is 2.31. The van der Waals surface area contributed by atoms with Gasteiger partial charge in [-0.25, -0.2) is 9.97 Å². The van der Waals surface area contributed by atoms with Crippen LogP contribution in [-0.4, -0.2) is 70.9 Å². The Hall–Kier alpha value is -2.72. The van der Waals surface area contributed by atoms with E-state index < -0.39 is 0 Å². The summed E-state index contributed by atoms with van der Waals surface area (Å²) >= 11 is 1.85. The number of fused-ring (bicyclic) bond motifs is 1. The molecule has 3 aromatic rings. The summed E-state index contributed by atoms with van der Waals surface area (Å²) in [6.45, 7) is 3.50. The van der Waals surface area contributed by atoms with Gasteiger partial charge in [0.15, 0.2) is 11.6 Å². The Morgan fingerprint density at radius 3 is 2.97 bits per heavy atom. The lowest BCUT2D eigenvalue weighted by atomic mass is 9.88. The van der Waals surface area contributed by atoms with Crippen LogP contribution in [0.4, 0.5) is 5.82 Å². The minimum absolute atomic E-state index is 0.473. The smallest absolute Gasteiger partial charge is 0.191 e. The second kappa shape index (κ2) is 10.1. The molecule has 1 aliphatic heterocycles. The number of nitrogens with zero attached hydrogens (tertiary/aromatic N) is 6. The fraction of sp³-hybridized carbons (Fsp3) is 0.524. The molecule has 166 valence electrons. The lowest BCUT2D eigenvalue weighted by Gasteiger charge is -2.39. The Bertz CT molecular complexity index is 998. The third kappa shape index (κ3) is 4.96. The van der Waals surface area contributed by atoms with Gasteiger partial charge in [-0.3, -0.25) is 14.6 Å². The second-order valence-corrected chi connectivity index (χ2v) is 8.86. The second-order valence-electron chi connectivity index (χ2n) is 7.88. The van der Waals surface area contributed by atoms with E-state index in [1.54, 1.807) is 17.2 Å². The zero-order valence-electron chi connectivity index (χ0n) is 18.4. The summed E-state index contributed by atoms with van der Waals surface area (Å²) in [6, 6.07) is 4.88. The highest BCUT2D eigenvalue weighted by molar-refractivity contribution is 7.10. The Kier molecular flexibility index (Phi) is 6.98. The van der Waals surface area contributed by atoms with Crippen molar-refractivity contribution < 1.29 is 0 Å². The molecule has 0 aliphatic carbocycles. The molecule has 2 unspecified atom stereocenters. The summed E-state index contributed by atoms with van der Waals surface area (Å²) in [4.78, 5) is 16.9. The number of nitrogens with one attached hydrogen (secondary N) is 3. The fourth-order valence-electron chi connectivity index (χ4n) is 4.30. The molecular weight excluding hydrogens is 410 g/mol. The van der Waals surface area contributed by atoms with Gasteiger partial charge >= 0.3 is 0 Å². The van der Waals surface area contributed by atoms with Crippen LogP contribution in [0, 0.1) is 5.92 Å². The third-order valence-corrected chi connectivity index (χ3v) is 6.78. The normalized spacial score (nSPS) is 20.2. The number of likely N-dealkylation sites (tertiary alicyclic amines) is 1. The van der Waals surface area contributed by atoms with E-state index in [1.165, 1.54) is 17.7 Å². The van der Waals surface area contributed by atoms with E-state index in [4.69, 9.17) is 0 Å². The molecule has 4 rings (SSSR count). The molecule has 0 amide bonds. The van der Waals surface area contributed by atoms with E-state index in [9.17, 15) is 0 Å². The van der Waals surface area contributed by atoms with Crippen LogP contribution < -0.4 is 16.0 Å².